The number of nitrogens with one attached hydrogen (secondary N) is 1. The largest absolute Gasteiger partial charge is 0.493 e. The van der Waals surface area contributed by atoms with Gasteiger partial charge in [-0.2, -0.15) is 0 Å². The lowest BCUT2D eigenvalue weighted by molar-refractivity contribution is -0.138. The van der Waals surface area contributed by atoms with Crippen molar-refractivity contribution in [3.05, 3.63) is 121 Å². The molecule has 0 amide bonds. The highest BCUT2D eigenvalue weighted by Gasteiger charge is 2.37. The molecule has 3 heterocycles. The molecule has 1 N–H and O–H groups in total. The number of benzene rings is 3. The lowest BCUT2D eigenvalue weighted by atomic mass is 9.92. The second-order valence-corrected chi connectivity index (χ2v) is 10.3. The van der Waals surface area contributed by atoms with Gasteiger partial charge in [0.05, 0.1) is 36.6 Å². The van der Waals surface area contributed by atoms with Crippen LogP contribution in [0.5, 0.6) is 11.5 Å². The van der Waals surface area contributed by atoms with Crippen LogP contribution in [0.1, 0.15) is 29.7 Å². The number of carbonyl (C=O) groups is 1. The Labute approximate surface area is 239 Å². The molecule has 2 aromatic heterocycles. The highest BCUT2D eigenvalue weighted by atomic mass is 32.1. The molecule has 1 unspecified atom stereocenters. The number of hydrogen-bond donors (Lipinski definition) is 1. The van der Waals surface area contributed by atoms with E-state index in [4.69, 9.17) is 19.2 Å². The number of ether oxygens (including phenoxy) is 3. The minimum atomic E-state index is -0.879. The summed E-state index contributed by atoms with van der Waals surface area (Å²) in [6.45, 7) is 1.91. The third-order valence-electron chi connectivity index (χ3n) is 7.01. The summed E-state index contributed by atoms with van der Waals surface area (Å²) in [6, 6.07) is 21.9. The Bertz CT molecular complexity index is 1990. The molecule has 8 nitrogen and oxygen atoms in total. The Morgan fingerprint density at radius 2 is 1.80 bits per heavy atom. The van der Waals surface area contributed by atoms with E-state index in [1.807, 2.05) is 79.0 Å². The van der Waals surface area contributed by atoms with Gasteiger partial charge in [0.1, 0.15) is 6.04 Å². The van der Waals surface area contributed by atoms with Crippen molar-refractivity contribution < 1.29 is 19.0 Å². The number of carbonyl (C=O) groups excluding carboxylic acids is 1. The number of aromatic amines is 1. The van der Waals surface area contributed by atoms with Crippen LogP contribution in [0.15, 0.2) is 94.4 Å². The monoisotopic (exact) mass is 565 g/mol. The van der Waals surface area contributed by atoms with E-state index in [1.54, 1.807) is 24.7 Å². The topological polar surface area (TPSA) is 94.9 Å². The van der Waals surface area contributed by atoms with Crippen LogP contribution in [0.25, 0.3) is 22.7 Å². The molecule has 0 saturated heterocycles. The van der Waals surface area contributed by atoms with E-state index >= 15 is 0 Å². The molecule has 1 aliphatic rings. The van der Waals surface area contributed by atoms with E-state index in [-0.39, 0.29) is 17.7 Å². The first kappa shape index (κ1) is 26.3. The molecule has 5 aromatic rings. The van der Waals surface area contributed by atoms with Crippen molar-refractivity contribution in [2.75, 3.05) is 20.8 Å². The van der Waals surface area contributed by atoms with Crippen LogP contribution in [-0.2, 0) is 9.53 Å². The fourth-order valence-electron chi connectivity index (χ4n) is 5.22. The van der Waals surface area contributed by atoms with Gasteiger partial charge in [-0.15, -0.1) is 0 Å². The highest BCUT2D eigenvalue weighted by Crippen LogP contribution is 2.42. The molecular weight excluding hydrogens is 538 g/mol. The zero-order valence-electron chi connectivity index (χ0n) is 22.7. The van der Waals surface area contributed by atoms with Crippen LogP contribution in [-0.4, -0.2) is 36.3 Å². The number of methoxy groups -OCH3 is 2. The van der Waals surface area contributed by atoms with E-state index in [1.165, 1.54) is 18.4 Å². The lowest BCUT2D eigenvalue weighted by Gasteiger charge is -2.27. The summed E-state index contributed by atoms with van der Waals surface area (Å²) in [5, 5.41) is 1.00. The zero-order chi connectivity index (χ0) is 28.5. The van der Waals surface area contributed by atoms with E-state index < -0.39 is 12.0 Å². The van der Waals surface area contributed by atoms with Crippen LogP contribution < -0.4 is 24.4 Å². The van der Waals surface area contributed by atoms with Crippen LogP contribution >= 0.6 is 11.3 Å². The van der Waals surface area contributed by atoms with E-state index in [9.17, 15) is 9.59 Å². The SMILES string of the molecule is CCOC(=O)C1=C(c2ccccc2)N=c2s/c(=C\c3c[nH]c4ccccc34)c(=O)n2C1c1cccc(OC)c1OC. The maximum absolute atomic E-state index is 14.2. The van der Waals surface area contributed by atoms with Crippen molar-refractivity contribution in [1.82, 2.24) is 9.55 Å². The van der Waals surface area contributed by atoms with Crippen molar-refractivity contribution in [3.8, 4) is 11.5 Å². The first-order valence-corrected chi connectivity index (χ1v) is 13.9. The Morgan fingerprint density at radius 3 is 2.56 bits per heavy atom. The van der Waals surface area contributed by atoms with E-state index in [0.717, 1.165) is 22.0 Å². The second kappa shape index (κ2) is 10.9. The fraction of sp³-hybridized carbons (Fsp3) is 0.156. The summed E-state index contributed by atoms with van der Waals surface area (Å²) < 4.78 is 19.0. The Balaban J connectivity index is 1.69. The number of thiazole rings is 1. The van der Waals surface area contributed by atoms with Gasteiger partial charge in [-0.25, -0.2) is 9.79 Å². The second-order valence-electron chi connectivity index (χ2n) is 9.30. The summed E-state index contributed by atoms with van der Waals surface area (Å²) in [6.07, 6.45) is 3.74. The smallest absolute Gasteiger partial charge is 0.338 e. The molecular formula is C32H27N3O5S. The maximum atomic E-state index is 14.2. The predicted molar refractivity (Wildman–Crippen MR) is 159 cm³/mol. The molecule has 1 atom stereocenters. The molecule has 9 heteroatoms. The molecule has 0 spiro atoms. The first-order chi connectivity index (χ1) is 20.0. The molecule has 41 heavy (non-hydrogen) atoms. The van der Waals surface area contributed by atoms with E-state index in [0.29, 0.717) is 32.1 Å². The van der Waals surface area contributed by atoms with Crippen molar-refractivity contribution in [1.29, 1.82) is 0 Å². The highest BCUT2D eigenvalue weighted by molar-refractivity contribution is 7.07. The zero-order valence-corrected chi connectivity index (χ0v) is 23.5. The Kier molecular flexibility index (Phi) is 7.03. The van der Waals surface area contributed by atoms with Gasteiger partial charge in [0.2, 0.25) is 0 Å². The summed E-state index contributed by atoms with van der Waals surface area (Å²) >= 11 is 1.27. The average molecular weight is 566 g/mol. The Morgan fingerprint density at radius 1 is 1.02 bits per heavy atom. The third-order valence-corrected chi connectivity index (χ3v) is 7.99. The number of rotatable bonds is 7. The quantitative estimate of drug-likeness (QED) is 0.295. The third kappa shape index (κ3) is 4.54. The number of aromatic nitrogens is 2. The molecule has 3 aromatic carbocycles. The molecule has 0 saturated carbocycles. The number of H-pyrrole nitrogens is 1. The summed E-state index contributed by atoms with van der Waals surface area (Å²) in [5.41, 5.74) is 3.59. The van der Waals surface area contributed by atoms with Crippen molar-refractivity contribution in [2.45, 2.75) is 13.0 Å². The van der Waals surface area contributed by atoms with Gasteiger partial charge < -0.3 is 19.2 Å². The van der Waals surface area contributed by atoms with Crippen LogP contribution in [0.3, 0.4) is 0 Å². The lowest BCUT2D eigenvalue weighted by Crippen LogP contribution is -2.40. The van der Waals surface area contributed by atoms with Crippen molar-refractivity contribution in [2.24, 2.45) is 4.99 Å². The fourth-order valence-corrected chi connectivity index (χ4v) is 6.21. The first-order valence-electron chi connectivity index (χ1n) is 13.1. The van der Waals surface area contributed by atoms with Gasteiger partial charge in [0.25, 0.3) is 5.56 Å². The standard InChI is InChI=1S/C32H27N3O5S/c1-4-40-31(37)26-27(19-11-6-5-7-12-19)34-32-35(28(26)22-14-10-16-24(38-2)29(22)39-3)30(36)25(41-32)17-20-18-33-23-15-9-8-13-21(20)23/h5-18,28,33H,4H2,1-3H3/b25-17-. The Hall–Kier alpha value is -4.89. The molecule has 206 valence electrons. The summed E-state index contributed by atoms with van der Waals surface area (Å²) in [7, 11) is 3.08. The van der Waals surface area contributed by atoms with Crippen LogP contribution in [0.2, 0.25) is 0 Å². The normalized spacial score (nSPS) is 15.0. The van der Waals surface area contributed by atoms with Crippen LogP contribution in [0.4, 0.5) is 0 Å². The predicted octanol–water partition coefficient (Wildman–Crippen LogP) is 4.43. The maximum Gasteiger partial charge on any atom is 0.338 e. The summed E-state index contributed by atoms with van der Waals surface area (Å²) in [5.74, 6) is 0.339. The number of para-hydroxylation sites is 2. The van der Waals surface area contributed by atoms with Gasteiger partial charge in [-0.1, -0.05) is 72.0 Å². The molecule has 0 radical (unpaired) electrons. The van der Waals surface area contributed by atoms with Gasteiger partial charge in [0, 0.05) is 33.8 Å². The molecule has 1 aliphatic heterocycles. The molecule has 0 bridgehead atoms. The summed E-state index contributed by atoms with van der Waals surface area (Å²) in [4.78, 5) is 36.5. The minimum absolute atomic E-state index is 0.164. The van der Waals surface area contributed by atoms with Gasteiger partial charge >= 0.3 is 5.97 Å². The van der Waals surface area contributed by atoms with Crippen molar-refractivity contribution in [3.63, 3.8) is 0 Å². The average Bonchev–Trinajstić information content (AvgIpc) is 3.56. The van der Waals surface area contributed by atoms with Gasteiger partial charge in [-0.05, 0) is 25.1 Å². The number of esters is 1. The number of nitrogens with zero attached hydrogens (tertiary/aromatic N) is 2. The van der Waals surface area contributed by atoms with Gasteiger partial charge in [-0.3, -0.25) is 9.36 Å². The van der Waals surface area contributed by atoms with Crippen LogP contribution in [0, 0.1) is 0 Å². The van der Waals surface area contributed by atoms with E-state index in [2.05, 4.69) is 4.98 Å². The molecule has 0 aliphatic carbocycles. The number of hydrogen-bond acceptors (Lipinski definition) is 7. The molecule has 0 fully saturated rings. The molecule has 6 rings (SSSR count). The number of fused-ring (bicyclic) bond motifs is 2. The minimum Gasteiger partial charge on any atom is -0.493 e. The van der Waals surface area contributed by atoms with Gasteiger partial charge in [0.15, 0.2) is 16.3 Å². The van der Waals surface area contributed by atoms with Crippen molar-refractivity contribution >= 4 is 40.0 Å².